The smallest absolute Gasteiger partial charge is 0.265 e. The van der Waals surface area contributed by atoms with Crippen molar-refractivity contribution in [1.82, 2.24) is 10.3 Å². The van der Waals surface area contributed by atoms with Gasteiger partial charge in [0.25, 0.3) is 5.91 Å². The molecular formula is C14H16N4OS. The number of anilines is 2. The van der Waals surface area contributed by atoms with Gasteiger partial charge in [0, 0.05) is 19.5 Å². The number of nitrogens with two attached hydrogens (primary N) is 1. The molecule has 1 aliphatic carbocycles. The van der Waals surface area contributed by atoms with Gasteiger partial charge in [-0.25, -0.2) is 4.98 Å². The lowest BCUT2D eigenvalue weighted by Gasteiger charge is -2.30. The van der Waals surface area contributed by atoms with Gasteiger partial charge < -0.3 is 16.4 Å². The van der Waals surface area contributed by atoms with Gasteiger partial charge in [0.05, 0.1) is 0 Å². The van der Waals surface area contributed by atoms with Gasteiger partial charge in [-0.05, 0) is 17.5 Å². The van der Waals surface area contributed by atoms with Crippen molar-refractivity contribution in [2.24, 2.45) is 0 Å². The number of hydrogen-bond acceptors (Lipinski definition) is 5. The molecule has 0 saturated heterocycles. The zero-order valence-corrected chi connectivity index (χ0v) is 12.0. The van der Waals surface area contributed by atoms with Crippen LogP contribution in [-0.2, 0) is 6.42 Å². The van der Waals surface area contributed by atoms with Crippen molar-refractivity contribution >= 4 is 28.2 Å². The molecule has 1 amide bonds. The van der Waals surface area contributed by atoms with Crippen molar-refractivity contribution in [3.63, 3.8) is 0 Å². The van der Waals surface area contributed by atoms with Crippen LogP contribution in [0.25, 0.3) is 0 Å². The molecular weight excluding hydrogens is 272 g/mol. The topological polar surface area (TPSA) is 80.0 Å². The van der Waals surface area contributed by atoms with Gasteiger partial charge in [-0.2, -0.15) is 0 Å². The predicted molar refractivity (Wildman–Crippen MR) is 81.3 cm³/mol. The lowest BCUT2D eigenvalue weighted by molar-refractivity contribution is 0.0955. The molecule has 0 saturated carbocycles. The van der Waals surface area contributed by atoms with Gasteiger partial charge in [0.2, 0.25) is 0 Å². The van der Waals surface area contributed by atoms with Crippen LogP contribution in [0, 0.1) is 0 Å². The first-order valence-electron chi connectivity index (χ1n) is 6.49. The van der Waals surface area contributed by atoms with E-state index in [9.17, 15) is 4.79 Å². The van der Waals surface area contributed by atoms with Crippen LogP contribution in [-0.4, -0.2) is 24.5 Å². The van der Waals surface area contributed by atoms with Crippen molar-refractivity contribution in [3.05, 3.63) is 40.3 Å². The number of carbonyl (C=O) groups excluding carboxylic acids is 1. The Kier molecular flexibility index (Phi) is 3.31. The van der Waals surface area contributed by atoms with Crippen LogP contribution in [0.1, 0.15) is 26.7 Å². The largest absolute Gasteiger partial charge is 0.382 e. The van der Waals surface area contributed by atoms with E-state index in [2.05, 4.69) is 27.8 Å². The summed E-state index contributed by atoms with van der Waals surface area (Å²) >= 11 is 1.27. The van der Waals surface area contributed by atoms with Crippen molar-refractivity contribution in [2.45, 2.75) is 12.3 Å². The van der Waals surface area contributed by atoms with Crippen LogP contribution in [0.4, 0.5) is 10.9 Å². The maximum atomic E-state index is 12.1. The number of amides is 1. The van der Waals surface area contributed by atoms with Gasteiger partial charge in [-0.3, -0.25) is 4.79 Å². The minimum atomic E-state index is -0.147. The first-order valence-corrected chi connectivity index (χ1v) is 7.30. The van der Waals surface area contributed by atoms with Gasteiger partial charge in [0.15, 0.2) is 5.13 Å². The van der Waals surface area contributed by atoms with Crippen LogP contribution in [0.3, 0.4) is 0 Å². The summed E-state index contributed by atoms with van der Waals surface area (Å²) in [6.07, 6.45) is 1.02. The predicted octanol–water partition coefficient (Wildman–Crippen LogP) is 1.84. The van der Waals surface area contributed by atoms with Crippen LogP contribution >= 0.6 is 11.3 Å². The molecule has 1 aromatic heterocycles. The number of carbonyl (C=O) groups is 1. The quantitative estimate of drug-likeness (QED) is 0.802. The van der Waals surface area contributed by atoms with Gasteiger partial charge in [-0.1, -0.05) is 35.6 Å². The molecule has 0 aliphatic heterocycles. The molecule has 4 N–H and O–H groups in total. The number of nitrogens with zero attached hydrogens (tertiary/aromatic N) is 1. The lowest BCUT2D eigenvalue weighted by atomic mass is 9.77. The Labute approximate surface area is 121 Å². The molecule has 0 bridgehead atoms. The molecule has 0 spiro atoms. The Hall–Kier alpha value is -2.08. The van der Waals surface area contributed by atoms with E-state index >= 15 is 0 Å². The van der Waals surface area contributed by atoms with E-state index in [0.29, 0.717) is 22.5 Å². The minimum absolute atomic E-state index is 0.147. The van der Waals surface area contributed by atoms with E-state index in [1.54, 1.807) is 7.05 Å². The fourth-order valence-electron chi connectivity index (χ4n) is 2.44. The Morgan fingerprint density at radius 3 is 3.00 bits per heavy atom. The second-order valence-electron chi connectivity index (χ2n) is 4.79. The fourth-order valence-corrected chi connectivity index (χ4v) is 3.20. The monoisotopic (exact) mass is 288 g/mol. The average Bonchev–Trinajstić information content (AvgIpc) is 2.81. The number of nitrogens with one attached hydrogen (secondary N) is 2. The highest BCUT2D eigenvalue weighted by molar-refractivity contribution is 7.18. The third-order valence-corrected chi connectivity index (χ3v) is 4.63. The first kappa shape index (κ1) is 12.9. The molecule has 1 aliphatic rings. The van der Waals surface area contributed by atoms with Crippen LogP contribution in [0.15, 0.2) is 24.3 Å². The maximum Gasteiger partial charge on any atom is 0.265 e. The molecule has 5 nitrogen and oxygen atoms in total. The minimum Gasteiger partial charge on any atom is -0.382 e. The van der Waals surface area contributed by atoms with Crippen LogP contribution in [0.2, 0.25) is 0 Å². The van der Waals surface area contributed by atoms with Crippen molar-refractivity contribution < 1.29 is 4.79 Å². The van der Waals surface area contributed by atoms with Crippen LogP contribution < -0.4 is 16.4 Å². The molecule has 1 aromatic carbocycles. The number of aromatic nitrogens is 1. The Morgan fingerprint density at radius 2 is 2.30 bits per heavy atom. The van der Waals surface area contributed by atoms with E-state index in [1.165, 1.54) is 22.5 Å². The van der Waals surface area contributed by atoms with E-state index < -0.39 is 0 Å². The first-order chi connectivity index (χ1) is 9.69. The molecule has 2 aromatic rings. The van der Waals surface area contributed by atoms with Gasteiger partial charge in [-0.15, -0.1) is 0 Å². The standard InChI is InChI=1S/C14H16N4OS/c1-16-14-18-12(15)11(20-14)13(19)17-7-9-6-8-4-2-3-5-10(8)9/h2-5,9H,6-7,15H2,1H3,(H,16,18)(H,17,19). The van der Waals surface area contributed by atoms with Crippen molar-refractivity contribution in [1.29, 1.82) is 0 Å². The summed E-state index contributed by atoms with van der Waals surface area (Å²) < 4.78 is 0. The summed E-state index contributed by atoms with van der Waals surface area (Å²) in [6.45, 7) is 0.641. The highest BCUT2D eigenvalue weighted by Gasteiger charge is 2.26. The third kappa shape index (κ3) is 2.22. The number of benzene rings is 1. The SMILES string of the molecule is CNc1nc(N)c(C(=O)NCC2Cc3ccccc32)s1. The molecule has 104 valence electrons. The van der Waals surface area contributed by atoms with Gasteiger partial charge in [0.1, 0.15) is 10.7 Å². The highest BCUT2D eigenvalue weighted by Crippen LogP contribution is 2.34. The molecule has 0 radical (unpaired) electrons. The summed E-state index contributed by atoms with van der Waals surface area (Å²) in [5.41, 5.74) is 8.46. The zero-order chi connectivity index (χ0) is 14.1. The molecule has 1 heterocycles. The normalized spacial score (nSPS) is 16.1. The van der Waals surface area contributed by atoms with Gasteiger partial charge >= 0.3 is 0 Å². The van der Waals surface area contributed by atoms with Crippen LogP contribution in [0.5, 0.6) is 0 Å². The number of fused-ring (bicyclic) bond motifs is 1. The molecule has 1 atom stereocenters. The summed E-state index contributed by atoms with van der Waals surface area (Å²) in [7, 11) is 1.76. The number of hydrogen-bond donors (Lipinski definition) is 3. The number of rotatable bonds is 4. The molecule has 1 unspecified atom stereocenters. The molecule has 3 rings (SSSR count). The summed E-state index contributed by atoms with van der Waals surface area (Å²) in [4.78, 5) is 16.6. The third-order valence-electron chi connectivity index (χ3n) is 3.54. The fraction of sp³-hybridized carbons (Fsp3) is 0.286. The van der Waals surface area contributed by atoms with Crippen molar-refractivity contribution in [3.8, 4) is 0 Å². The van der Waals surface area contributed by atoms with Crippen molar-refractivity contribution in [2.75, 3.05) is 24.6 Å². The van der Waals surface area contributed by atoms with E-state index in [1.807, 2.05) is 12.1 Å². The summed E-state index contributed by atoms with van der Waals surface area (Å²) in [5.74, 6) is 0.546. The Balaban J connectivity index is 1.62. The lowest BCUT2D eigenvalue weighted by Crippen LogP contribution is -2.33. The number of nitrogen functional groups attached to an aromatic ring is 1. The second kappa shape index (κ2) is 5.13. The van der Waals surface area contributed by atoms with E-state index in [0.717, 1.165) is 6.42 Å². The Bertz CT molecular complexity index is 652. The molecule has 20 heavy (non-hydrogen) atoms. The molecule has 6 heteroatoms. The summed E-state index contributed by atoms with van der Waals surface area (Å²) in [6, 6.07) is 8.34. The Morgan fingerprint density at radius 1 is 1.50 bits per heavy atom. The molecule has 0 fully saturated rings. The maximum absolute atomic E-state index is 12.1. The number of thiazole rings is 1. The van der Waals surface area contributed by atoms with E-state index in [4.69, 9.17) is 5.73 Å². The zero-order valence-electron chi connectivity index (χ0n) is 11.1. The summed E-state index contributed by atoms with van der Waals surface area (Å²) in [5, 5.41) is 6.49. The average molecular weight is 288 g/mol. The second-order valence-corrected chi connectivity index (χ2v) is 5.79. The van der Waals surface area contributed by atoms with E-state index in [-0.39, 0.29) is 11.7 Å². The highest BCUT2D eigenvalue weighted by atomic mass is 32.1.